The number of rotatable bonds is 8. The fraction of sp³-hybridized carbons (Fsp3) is 0.367. The van der Waals surface area contributed by atoms with Crippen LogP contribution in [0.3, 0.4) is 0 Å². The van der Waals surface area contributed by atoms with Crippen LogP contribution >= 0.6 is 0 Å². The van der Waals surface area contributed by atoms with Gasteiger partial charge < -0.3 is 4.57 Å². The lowest BCUT2D eigenvalue weighted by Gasteiger charge is -2.26. The lowest BCUT2D eigenvalue weighted by molar-refractivity contribution is -0.432. The molecule has 0 atom stereocenters. The Morgan fingerprint density at radius 1 is 0.941 bits per heavy atom. The van der Waals surface area contributed by atoms with E-state index >= 15 is 0 Å². The quantitative estimate of drug-likeness (QED) is 0.176. The maximum absolute atomic E-state index is 13.6. The van der Waals surface area contributed by atoms with Crippen LogP contribution in [-0.2, 0) is 22.6 Å². The summed E-state index contributed by atoms with van der Waals surface area (Å²) in [5.41, 5.74) is 6.49. The summed E-state index contributed by atoms with van der Waals surface area (Å²) < 4.78 is 4.42. The topological polar surface area (TPSA) is 42.1 Å². The molecule has 0 bridgehead atoms. The Morgan fingerprint density at radius 2 is 1.71 bits per heavy atom. The average Bonchev–Trinajstić information content (AvgIpc) is 3.39. The van der Waals surface area contributed by atoms with Gasteiger partial charge in [-0.05, 0) is 36.1 Å². The molecule has 0 amide bonds. The smallest absolute Gasteiger partial charge is 0.213 e. The molecular weight excluding hydrogens is 420 g/mol. The second-order valence-corrected chi connectivity index (χ2v) is 9.48. The van der Waals surface area contributed by atoms with Crippen molar-refractivity contribution < 1.29 is 14.2 Å². The number of benzene rings is 2. The minimum Gasteiger partial charge on any atom is -0.347 e. The largest absolute Gasteiger partial charge is 0.347 e. The molecule has 1 aliphatic carbocycles. The molecule has 2 heterocycles. The Balaban J connectivity index is 1.57. The molecule has 1 fully saturated rings. The van der Waals surface area contributed by atoms with E-state index in [9.17, 15) is 9.59 Å². The normalized spacial score (nSPS) is 17.4. The van der Waals surface area contributed by atoms with Crippen LogP contribution in [0.5, 0.6) is 0 Å². The van der Waals surface area contributed by atoms with Gasteiger partial charge in [0.15, 0.2) is 17.8 Å². The van der Waals surface area contributed by atoms with Gasteiger partial charge in [0.05, 0.1) is 16.7 Å². The zero-order valence-corrected chi connectivity index (χ0v) is 20.4. The molecule has 0 spiro atoms. The number of aryl methyl sites for hydroxylation is 2. The van der Waals surface area contributed by atoms with E-state index in [0.29, 0.717) is 5.57 Å². The zero-order valence-electron chi connectivity index (χ0n) is 20.4. The molecule has 2 aromatic carbocycles. The first-order chi connectivity index (χ1) is 16.6. The van der Waals surface area contributed by atoms with Gasteiger partial charge in [-0.1, -0.05) is 57.9 Å². The Hall–Kier alpha value is -3.27. The fourth-order valence-electron chi connectivity index (χ4n) is 5.29. The van der Waals surface area contributed by atoms with Crippen molar-refractivity contribution in [1.82, 2.24) is 4.57 Å². The van der Waals surface area contributed by atoms with E-state index in [1.165, 1.54) is 5.56 Å². The Morgan fingerprint density at radius 3 is 2.44 bits per heavy atom. The molecular formula is C30H33N2O2+. The van der Waals surface area contributed by atoms with Crippen LogP contribution in [0.25, 0.3) is 16.5 Å². The van der Waals surface area contributed by atoms with Crippen molar-refractivity contribution in [3.8, 4) is 0 Å². The number of nitrogens with zero attached hydrogens (tertiary/aromatic N) is 2. The van der Waals surface area contributed by atoms with Crippen molar-refractivity contribution in [2.24, 2.45) is 0 Å². The number of hydrogen-bond donors (Lipinski definition) is 0. The third-order valence-electron chi connectivity index (χ3n) is 7.28. The monoisotopic (exact) mass is 453 g/mol. The predicted octanol–water partition coefficient (Wildman–Crippen LogP) is 6.22. The van der Waals surface area contributed by atoms with Gasteiger partial charge in [-0.2, -0.15) is 4.58 Å². The molecule has 1 aromatic heterocycles. The van der Waals surface area contributed by atoms with E-state index in [1.54, 1.807) is 0 Å². The number of carbonyl (C=O) groups excluding carboxylic acids is 2. The van der Waals surface area contributed by atoms with Gasteiger partial charge in [0.2, 0.25) is 5.69 Å². The molecule has 0 N–H and O–H groups in total. The Kier molecular flexibility index (Phi) is 6.07. The lowest BCUT2D eigenvalue weighted by atomic mass is 9.70. The van der Waals surface area contributed by atoms with Crippen LogP contribution in [0, 0.1) is 0 Å². The number of hydrogen-bond acceptors (Lipinski definition) is 2. The Labute approximate surface area is 201 Å². The summed E-state index contributed by atoms with van der Waals surface area (Å²) in [6.45, 7) is 8.27. The maximum atomic E-state index is 13.6. The first-order valence-electron chi connectivity index (χ1n) is 12.7. The minimum atomic E-state index is -0.689. The molecule has 0 radical (unpaired) electrons. The van der Waals surface area contributed by atoms with Crippen molar-refractivity contribution in [2.75, 3.05) is 6.54 Å². The van der Waals surface area contributed by atoms with Crippen molar-refractivity contribution >= 4 is 39.9 Å². The van der Waals surface area contributed by atoms with Crippen LogP contribution in [-0.4, -0.2) is 33.5 Å². The molecule has 5 rings (SSSR count). The molecule has 0 saturated heterocycles. The lowest BCUT2D eigenvalue weighted by Crippen LogP contribution is -2.39. The molecule has 4 nitrogen and oxygen atoms in total. The second kappa shape index (κ2) is 9.17. The molecule has 0 unspecified atom stereocenters. The average molecular weight is 454 g/mol. The molecule has 4 heteroatoms. The van der Waals surface area contributed by atoms with E-state index in [4.69, 9.17) is 0 Å². The summed E-state index contributed by atoms with van der Waals surface area (Å²) in [4.78, 5) is 27.2. The SMILES string of the molecule is CCCCn1cc(C2C(=O)C(=C3C=[N+](CCCC)c4ccc(CC)cc43)C2=O)c2ccccc21. The second-order valence-electron chi connectivity index (χ2n) is 9.48. The molecule has 1 aliphatic heterocycles. The van der Waals surface area contributed by atoms with Gasteiger partial charge >= 0.3 is 0 Å². The third kappa shape index (κ3) is 3.56. The number of unbranched alkanes of at least 4 members (excludes halogenated alkanes) is 2. The summed E-state index contributed by atoms with van der Waals surface area (Å²) in [6, 6.07) is 14.6. The standard InChI is InChI=1S/C30H33N2O2/c1-4-7-15-31-18-23(21-11-9-10-12-25(21)31)27-29(33)28(30(27)34)24-19-32(16-8-5-2)26-14-13-20(6-3)17-22(24)26/h9-14,17-19,27H,4-8,15-16H2,1-3H3/q+1. The van der Waals surface area contributed by atoms with E-state index in [-0.39, 0.29) is 11.6 Å². The summed E-state index contributed by atoms with van der Waals surface area (Å²) in [7, 11) is 0. The van der Waals surface area contributed by atoms with E-state index in [1.807, 2.05) is 30.6 Å². The van der Waals surface area contributed by atoms with Gasteiger partial charge in [-0.15, -0.1) is 0 Å². The first-order valence-corrected chi connectivity index (χ1v) is 12.7. The summed E-state index contributed by atoms with van der Waals surface area (Å²) in [5.74, 6) is -0.772. The molecule has 2 aliphatic rings. The van der Waals surface area contributed by atoms with Crippen LogP contribution in [0.2, 0.25) is 0 Å². The number of allylic oxidation sites excluding steroid dienone is 2. The number of Topliss-reactive ketones (excluding diaryl/α,β-unsaturated/α-hetero) is 2. The zero-order chi connectivity index (χ0) is 23.8. The predicted molar refractivity (Wildman–Crippen MR) is 138 cm³/mol. The number of aromatic nitrogens is 1. The van der Waals surface area contributed by atoms with E-state index in [0.717, 1.165) is 78.5 Å². The van der Waals surface area contributed by atoms with Crippen molar-refractivity contribution in [3.63, 3.8) is 0 Å². The van der Waals surface area contributed by atoms with E-state index < -0.39 is 5.92 Å². The van der Waals surface area contributed by atoms with Crippen molar-refractivity contribution in [2.45, 2.75) is 65.3 Å². The summed E-state index contributed by atoms with van der Waals surface area (Å²) in [5, 5.41) is 1.02. The van der Waals surface area contributed by atoms with Gasteiger partial charge in [0.1, 0.15) is 12.5 Å². The molecule has 1 saturated carbocycles. The number of carbonyl (C=O) groups is 2. The third-order valence-corrected chi connectivity index (χ3v) is 7.28. The molecule has 34 heavy (non-hydrogen) atoms. The van der Waals surface area contributed by atoms with Gasteiger partial charge in [0.25, 0.3) is 0 Å². The van der Waals surface area contributed by atoms with Gasteiger partial charge in [-0.25, -0.2) is 0 Å². The van der Waals surface area contributed by atoms with Gasteiger partial charge in [-0.3, -0.25) is 9.59 Å². The number of para-hydroxylation sites is 1. The highest BCUT2D eigenvalue weighted by Crippen LogP contribution is 2.44. The number of fused-ring (bicyclic) bond motifs is 2. The fourth-order valence-corrected chi connectivity index (χ4v) is 5.29. The van der Waals surface area contributed by atoms with Gasteiger partial charge in [0, 0.05) is 36.1 Å². The Bertz CT molecular complexity index is 1340. The highest BCUT2D eigenvalue weighted by molar-refractivity contribution is 6.48. The maximum Gasteiger partial charge on any atom is 0.213 e. The van der Waals surface area contributed by atoms with Crippen LogP contribution in [0.4, 0.5) is 5.69 Å². The van der Waals surface area contributed by atoms with Crippen LogP contribution < -0.4 is 0 Å². The molecule has 3 aromatic rings. The minimum absolute atomic E-state index is 0.0418. The van der Waals surface area contributed by atoms with Crippen molar-refractivity contribution in [1.29, 1.82) is 0 Å². The summed E-state index contributed by atoms with van der Waals surface area (Å²) >= 11 is 0. The van der Waals surface area contributed by atoms with Crippen LogP contribution in [0.15, 0.2) is 54.2 Å². The first kappa shape index (κ1) is 22.5. The van der Waals surface area contributed by atoms with Crippen molar-refractivity contribution in [3.05, 3.63) is 70.9 Å². The van der Waals surface area contributed by atoms with E-state index in [2.05, 4.69) is 54.2 Å². The highest BCUT2D eigenvalue weighted by Gasteiger charge is 2.49. The highest BCUT2D eigenvalue weighted by atomic mass is 16.2. The summed E-state index contributed by atoms with van der Waals surface area (Å²) in [6.07, 6.45) is 9.33. The molecule has 174 valence electrons. The number of ketones is 2. The van der Waals surface area contributed by atoms with Crippen LogP contribution in [0.1, 0.15) is 69.1 Å².